The number of nitrogens with zero attached hydrogens (tertiary/aromatic N) is 1. The molecule has 0 spiro atoms. The van der Waals surface area contributed by atoms with E-state index < -0.39 is 46.1 Å². The molecule has 1 atom stereocenters. The van der Waals surface area contributed by atoms with Gasteiger partial charge >= 0.3 is 17.9 Å². The molecule has 0 bridgehead atoms. The van der Waals surface area contributed by atoms with Crippen LogP contribution in [-0.2, 0) is 26.0 Å². The van der Waals surface area contributed by atoms with Crippen LogP contribution in [0.4, 0.5) is 5.69 Å². The van der Waals surface area contributed by atoms with Gasteiger partial charge in [-0.15, -0.1) is 0 Å². The van der Waals surface area contributed by atoms with Gasteiger partial charge in [0.2, 0.25) is 10.0 Å². The van der Waals surface area contributed by atoms with E-state index in [9.17, 15) is 22.8 Å². The van der Waals surface area contributed by atoms with Crippen molar-refractivity contribution in [3.8, 4) is 5.75 Å². The fourth-order valence-electron chi connectivity index (χ4n) is 2.63. The molecule has 0 saturated carbocycles. The number of carbonyl (C=O) groups is 3. The van der Waals surface area contributed by atoms with Crippen molar-refractivity contribution in [3.05, 3.63) is 59.7 Å². The van der Waals surface area contributed by atoms with E-state index >= 15 is 0 Å². The number of guanidine groups is 1. The van der Waals surface area contributed by atoms with Gasteiger partial charge in [0.15, 0.2) is 5.96 Å². The largest absolute Gasteiger partial charge is 0.481 e. The maximum atomic E-state index is 12.3. The number of hydrogen-bond donors (Lipinski definition) is 5. The minimum absolute atomic E-state index is 0.0344. The molecule has 0 amide bonds. The lowest BCUT2D eigenvalue weighted by Gasteiger charge is -2.13. The van der Waals surface area contributed by atoms with Crippen molar-refractivity contribution in [2.24, 2.45) is 16.5 Å². The first-order chi connectivity index (χ1) is 15.4. The molecule has 0 aliphatic rings. The highest BCUT2D eigenvalue weighted by Crippen LogP contribution is 2.18. The molecule has 12 nitrogen and oxygen atoms in total. The smallest absolute Gasteiger partial charge is 0.343 e. The summed E-state index contributed by atoms with van der Waals surface area (Å²) >= 11 is 0. The summed E-state index contributed by atoms with van der Waals surface area (Å²) in [4.78, 5) is 37.9. The molecule has 2 aromatic rings. The Labute approximate surface area is 188 Å². The van der Waals surface area contributed by atoms with Crippen LogP contribution in [-0.4, -0.2) is 54.3 Å². The number of sulfonamides is 1. The molecular weight excluding hydrogens is 456 g/mol. The Morgan fingerprint density at radius 3 is 2.30 bits per heavy atom. The van der Waals surface area contributed by atoms with E-state index in [4.69, 9.17) is 26.4 Å². The van der Waals surface area contributed by atoms with Gasteiger partial charge in [0.25, 0.3) is 0 Å². The minimum atomic E-state index is -4.09. The van der Waals surface area contributed by atoms with Gasteiger partial charge in [-0.3, -0.25) is 9.59 Å². The molecule has 33 heavy (non-hydrogen) atoms. The number of carbonyl (C=O) groups excluding carboxylic acids is 1. The van der Waals surface area contributed by atoms with Crippen molar-refractivity contribution >= 4 is 39.6 Å². The molecule has 0 radical (unpaired) electrons. The SMILES string of the molecule is NC(N)=Nc1ccc(C(=O)Oc2cccc(CCS(=O)(=O)N[C@@H](CC(=O)O)C(=O)O)c2)cc1. The third kappa shape index (κ3) is 8.59. The molecule has 2 rings (SSSR count). The normalized spacial score (nSPS) is 11.9. The number of aliphatic carboxylic acids is 2. The number of carboxylic acid groups (broad SMARTS) is 2. The van der Waals surface area contributed by atoms with Crippen molar-refractivity contribution in [3.63, 3.8) is 0 Å². The number of esters is 1. The molecule has 7 N–H and O–H groups in total. The zero-order valence-corrected chi connectivity index (χ0v) is 18.0. The number of nitrogens with one attached hydrogen (secondary N) is 1. The summed E-state index contributed by atoms with van der Waals surface area (Å²) in [6, 6.07) is 10.4. The first-order valence-electron chi connectivity index (χ1n) is 9.40. The average Bonchev–Trinajstić information content (AvgIpc) is 2.72. The molecule has 0 fully saturated rings. The molecule has 0 saturated heterocycles. The van der Waals surface area contributed by atoms with E-state index in [-0.39, 0.29) is 23.7 Å². The van der Waals surface area contributed by atoms with Crippen LogP contribution < -0.4 is 20.9 Å². The van der Waals surface area contributed by atoms with Gasteiger partial charge in [-0.25, -0.2) is 22.9 Å². The molecule has 176 valence electrons. The lowest BCUT2D eigenvalue weighted by atomic mass is 10.1. The summed E-state index contributed by atoms with van der Waals surface area (Å²) < 4.78 is 31.5. The molecule has 0 aromatic heterocycles. The lowest BCUT2D eigenvalue weighted by molar-refractivity contribution is -0.145. The average molecular weight is 478 g/mol. The number of aryl methyl sites for hydroxylation is 1. The second kappa shape index (κ2) is 11.1. The highest BCUT2D eigenvalue weighted by atomic mass is 32.2. The van der Waals surface area contributed by atoms with Crippen LogP contribution in [0.1, 0.15) is 22.3 Å². The predicted molar refractivity (Wildman–Crippen MR) is 118 cm³/mol. The third-order valence-corrected chi connectivity index (χ3v) is 5.51. The maximum Gasteiger partial charge on any atom is 0.343 e. The molecule has 0 aliphatic heterocycles. The topological polar surface area (TPSA) is 211 Å². The summed E-state index contributed by atoms with van der Waals surface area (Å²) in [6.45, 7) is 0. The lowest BCUT2D eigenvalue weighted by Crippen LogP contribution is -2.43. The van der Waals surface area contributed by atoms with E-state index in [1.807, 2.05) is 4.72 Å². The number of benzene rings is 2. The van der Waals surface area contributed by atoms with Crippen LogP contribution in [0.15, 0.2) is 53.5 Å². The van der Waals surface area contributed by atoms with Crippen molar-refractivity contribution < 1.29 is 37.8 Å². The Kier molecular flexibility index (Phi) is 8.48. The number of hydrogen-bond acceptors (Lipinski definition) is 7. The highest BCUT2D eigenvalue weighted by Gasteiger charge is 2.26. The number of carboxylic acids is 2. The molecule has 2 aromatic carbocycles. The van der Waals surface area contributed by atoms with Crippen molar-refractivity contribution in [2.45, 2.75) is 18.9 Å². The van der Waals surface area contributed by atoms with E-state index in [1.165, 1.54) is 36.4 Å². The summed E-state index contributed by atoms with van der Waals surface area (Å²) in [7, 11) is -4.09. The van der Waals surface area contributed by atoms with Gasteiger partial charge in [0, 0.05) is 0 Å². The predicted octanol–water partition coefficient (Wildman–Crippen LogP) is 0.201. The quantitative estimate of drug-likeness (QED) is 0.128. The van der Waals surface area contributed by atoms with E-state index in [1.54, 1.807) is 12.1 Å². The fourth-order valence-corrected chi connectivity index (χ4v) is 3.87. The summed E-state index contributed by atoms with van der Waals surface area (Å²) in [5, 5.41) is 17.7. The summed E-state index contributed by atoms with van der Waals surface area (Å²) in [5.41, 5.74) is 11.8. The monoisotopic (exact) mass is 478 g/mol. The zero-order chi connectivity index (χ0) is 24.6. The first-order valence-corrected chi connectivity index (χ1v) is 11.1. The number of rotatable bonds is 11. The van der Waals surface area contributed by atoms with Gasteiger partial charge in [0.05, 0.1) is 23.4 Å². The van der Waals surface area contributed by atoms with E-state index in [0.717, 1.165) is 0 Å². The van der Waals surface area contributed by atoms with Gasteiger partial charge in [-0.05, 0) is 48.4 Å². The Balaban J connectivity index is 2.01. The van der Waals surface area contributed by atoms with Gasteiger partial charge < -0.3 is 26.4 Å². The maximum absolute atomic E-state index is 12.3. The fraction of sp³-hybridized carbons (Fsp3) is 0.200. The van der Waals surface area contributed by atoms with Gasteiger partial charge in [-0.1, -0.05) is 12.1 Å². The summed E-state index contributed by atoms with van der Waals surface area (Å²) in [5.74, 6) is -4.16. The van der Waals surface area contributed by atoms with Crippen molar-refractivity contribution in [1.29, 1.82) is 0 Å². The van der Waals surface area contributed by atoms with Crippen LogP contribution >= 0.6 is 0 Å². The second-order valence-electron chi connectivity index (χ2n) is 6.80. The second-order valence-corrected chi connectivity index (χ2v) is 8.67. The molecule has 0 aliphatic carbocycles. The Morgan fingerprint density at radius 1 is 1.06 bits per heavy atom. The van der Waals surface area contributed by atoms with Crippen molar-refractivity contribution in [1.82, 2.24) is 4.72 Å². The van der Waals surface area contributed by atoms with Gasteiger partial charge in [-0.2, -0.15) is 0 Å². The van der Waals surface area contributed by atoms with Crippen LogP contribution in [0.2, 0.25) is 0 Å². The van der Waals surface area contributed by atoms with Crippen LogP contribution in [0.25, 0.3) is 0 Å². The number of ether oxygens (including phenoxy) is 1. The standard InChI is InChI=1S/C20H22N4O8S/c21-20(22)23-14-6-4-13(5-7-14)19(29)32-15-3-1-2-12(10-15)8-9-33(30,31)24-16(18(27)28)11-17(25)26/h1-7,10,16,24H,8-9,11H2,(H,25,26)(H,27,28)(H4,21,22,23)/t16-/m0/s1. The highest BCUT2D eigenvalue weighted by molar-refractivity contribution is 7.89. The Hall–Kier alpha value is -3.97. The van der Waals surface area contributed by atoms with Crippen LogP contribution in [0.3, 0.4) is 0 Å². The molecule has 13 heteroatoms. The Morgan fingerprint density at radius 2 is 1.73 bits per heavy atom. The minimum Gasteiger partial charge on any atom is -0.481 e. The third-order valence-electron chi connectivity index (χ3n) is 4.13. The molecular formula is C20H22N4O8S. The van der Waals surface area contributed by atoms with Crippen LogP contribution in [0, 0.1) is 0 Å². The van der Waals surface area contributed by atoms with Crippen molar-refractivity contribution in [2.75, 3.05) is 5.75 Å². The molecule has 0 unspecified atom stereocenters. The van der Waals surface area contributed by atoms with Gasteiger partial charge in [0.1, 0.15) is 11.8 Å². The Bertz CT molecular complexity index is 1160. The summed E-state index contributed by atoms with van der Waals surface area (Å²) in [6.07, 6.45) is -0.930. The van der Waals surface area contributed by atoms with E-state index in [2.05, 4.69) is 4.99 Å². The number of nitrogens with two attached hydrogens (primary N) is 2. The number of aliphatic imine (C=N–C) groups is 1. The van der Waals surface area contributed by atoms with E-state index in [0.29, 0.717) is 11.3 Å². The molecule has 0 heterocycles. The van der Waals surface area contributed by atoms with Crippen LogP contribution in [0.5, 0.6) is 5.75 Å². The zero-order valence-electron chi connectivity index (χ0n) is 17.2. The first kappa shape index (κ1) is 25.3.